The maximum atomic E-state index is 11.3. The van der Waals surface area contributed by atoms with Gasteiger partial charge in [0.25, 0.3) is 0 Å². The lowest BCUT2D eigenvalue weighted by atomic mass is 10.2. The van der Waals surface area contributed by atoms with Crippen molar-refractivity contribution in [2.75, 3.05) is 19.8 Å². The fourth-order valence-electron chi connectivity index (χ4n) is 1.04. The van der Waals surface area contributed by atoms with Crippen LogP contribution in [0.5, 0.6) is 0 Å². The molecule has 0 radical (unpaired) electrons. The Morgan fingerprint density at radius 1 is 0.895 bits per heavy atom. The van der Waals surface area contributed by atoms with Crippen LogP contribution in [0.1, 0.15) is 33.6 Å². The maximum absolute atomic E-state index is 11.3. The molecule has 0 unspecified atom stereocenters. The number of carbonyl (C=O) groups excluding carboxylic acids is 3. The van der Waals surface area contributed by atoms with Crippen LogP contribution in [0.2, 0.25) is 0 Å². The molecule has 0 rings (SSSR count). The maximum Gasteiger partial charge on any atom is 0.319 e. The van der Waals surface area contributed by atoms with E-state index < -0.39 is 23.5 Å². The van der Waals surface area contributed by atoms with Gasteiger partial charge >= 0.3 is 17.9 Å². The smallest absolute Gasteiger partial charge is 0.319 e. The summed E-state index contributed by atoms with van der Waals surface area (Å²) in [5, 5.41) is 0. The molecule has 0 spiro atoms. The number of esters is 3. The number of carbonyl (C=O) groups is 3. The summed E-state index contributed by atoms with van der Waals surface area (Å²) in [6, 6.07) is 0. The van der Waals surface area contributed by atoms with Crippen molar-refractivity contribution in [1.29, 1.82) is 0 Å². The zero-order valence-corrected chi connectivity index (χ0v) is 11.6. The Morgan fingerprint density at radius 2 is 1.37 bits per heavy atom. The van der Waals surface area contributed by atoms with Crippen LogP contribution < -0.4 is 5.73 Å². The van der Waals surface area contributed by atoms with E-state index in [0.29, 0.717) is 0 Å². The summed E-state index contributed by atoms with van der Waals surface area (Å²) >= 11 is 0. The molecule has 0 aliphatic rings. The van der Waals surface area contributed by atoms with Crippen molar-refractivity contribution in [3.05, 3.63) is 0 Å². The standard InChI is InChI=1S/C12H21NO6/c1-12(2,3)19-10(15)5-4-9(14)17-6-7-18-11(16)8-13/h4-8,13H2,1-3H3. The Morgan fingerprint density at radius 3 is 1.84 bits per heavy atom. The molecule has 7 nitrogen and oxygen atoms in total. The van der Waals surface area contributed by atoms with Gasteiger partial charge in [-0.05, 0) is 20.8 Å². The second kappa shape index (κ2) is 8.47. The summed E-state index contributed by atoms with van der Waals surface area (Å²) < 4.78 is 14.4. The van der Waals surface area contributed by atoms with Crippen LogP contribution in [0.4, 0.5) is 0 Å². The number of nitrogens with two attached hydrogens (primary N) is 1. The third kappa shape index (κ3) is 11.2. The van der Waals surface area contributed by atoms with E-state index in [1.807, 2.05) is 0 Å². The zero-order chi connectivity index (χ0) is 14.9. The van der Waals surface area contributed by atoms with Gasteiger partial charge in [-0.15, -0.1) is 0 Å². The third-order valence-corrected chi connectivity index (χ3v) is 1.73. The van der Waals surface area contributed by atoms with Gasteiger partial charge in [-0.3, -0.25) is 14.4 Å². The van der Waals surface area contributed by atoms with Gasteiger partial charge in [0.05, 0.1) is 19.4 Å². The van der Waals surface area contributed by atoms with Gasteiger partial charge in [-0.2, -0.15) is 0 Å². The summed E-state index contributed by atoms with van der Waals surface area (Å²) in [4.78, 5) is 33.2. The predicted octanol–water partition coefficient (Wildman–Crippen LogP) is 0.153. The van der Waals surface area contributed by atoms with Crippen LogP contribution >= 0.6 is 0 Å². The molecule has 0 aliphatic heterocycles. The fourth-order valence-corrected chi connectivity index (χ4v) is 1.04. The Labute approximate surface area is 112 Å². The van der Waals surface area contributed by atoms with Crippen molar-refractivity contribution in [1.82, 2.24) is 0 Å². The Bertz CT molecular complexity index is 321. The van der Waals surface area contributed by atoms with Gasteiger partial charge in [0.15, 0.2) is 0 Å². The van der Waals surface area contributed by atoms with Crippen molar-refractivity contribution < 1.29 is 28.6 Å². The van der Waals surface area contributed by atoms with Crippen LogP contribution in [0.15, 0.2) is 0 Å². The molecule has 2 N–H and O–H groups in total. The van der Waals surface area contributed by atoms with Gasteiger partial charge in [0.1, 0.15) is 18.8 Å². The predicted molar refractivity (Wildman–Crippen MR) is 66.1 cm³/mol. The van der Waals surface area contributed by atoms with E-state index in [4.69, 9.17) is 15.2 Å². The molecule has 0 aromatic rings. The van der Waals surface area contributed by atoms with Gasteiger partial charge in [0.2, 0.25) is 0 Å². The largest absolute Gasteiger partial charge is 0.462 e. The molecule has 110 valence electrons. The third-order valence-electron chi connectivity index (χ3n) is 1.73. The Kier molecular flexibility index (Phi) is 7.74. The van der Waals surface area contributed by atoms with Crippen LogP contribution in [-0.2, 0) is 28.6 Å². The average molecular weight is 275 g/mol. The number of hydrogen-bond donors (Lipinski definition) is 1. The summed E-state index contributed by atoms with van der Waals surface area (Å²) in [6.45, 7) is 4.92. The first-order valence-electron chi connectivity index (χ1n) is 5.98. The highest BCUT2D eigenvalue weighted by Crippen LogP contribution is 2.09. The quantitative estimate of drug-likeness (QED) is 0.400. The van der Waals surface area contributed by atoms with Gasteiger partial charge in [0, 0.05) is 0 Å². The van der Waals surface area contributed by atoms with E-state index in [-0.39, 0.29) is 32.6 Å². The van der Waals surface area contributed by atoms with Crippen molar-refractivity contribution >= 4 is 17.9 Å². The lowest BCUT2D eigenvalue weighted by Gasteiger charge is -2.19. The first-order chi connectivity index (χ1) is 8.74. The highest BCUT2D eigenvalue weighted by atomic mass is 16.6. The van der Waals surface area contributed by atoms with Crippen molar-refractivity contribution in [2.24, 2.45) is 5.73 Å². The molecule has 0 amide bonds. The van der Waals surface area contributed by atoms with Crippen molar-refractivity contribution in [3.8, 4) is 0 Å². The molecule has 0 bridgehead atoms. The van der Waals surface area contributed by atoms with E-state index in [2.05, 4.69) is 4.74 Å². The highest BCUT2D eigenvalue weighted by Gasteiger charge is 2.17. The summed E-state index contributed by atoms with van der Waals surface area (Å²) in [5.74, 6) is -1.57. The minimum atomic E-state index is -0.572. The van der Waals surface area contributed by atoms with E-state index in [0.717, 1.165) is 0 Å². The lowest BCUT2D eigenvalue weighted by Crippen LogP contribution is -2.24. The second-order valence-electron chi connectivity index (χ2n) is 4.73. The molecule has 0 atom stereocenters. The number of rotatable bonds is 7. The number of hydrogen-bond acceptors (Lipinski definition) is 7. The van der Waals surface area contributed by atoms with Crippen LogP contribution in [0, 0.1) is 0 Å². The average Bonchev–Trinajstić information content (AvgIpc) is 2.29. The van der Waals surface area contributed by atoms with Gasteiger partial charge < -0.3 is 19.9 Å². The molecule has 0 heterocycles. The molecular formula is C12H21NO6. The van der Waals surface area contributed by atoms with E-state index >= 15 is 0 Å². The summed E-state index contributed by atoms with van der Waals surface area (Å²) in [7, 11) is 0. The Balaban J connectivity index is 3.65. The monoisotopic (exact) mass is 275 g/mol. The van der Waals surface area contributed by atoms with Gasteiger partial charge in [-0.25, -0.2) is 0 Å². The molecular weight excluding hydrogens is 254 g/mol. The van der Waals surface area contributed by atoms with Crippen molar-refractivity contribution in [2.45, 2.75) is 39.2 Å². The summed E-state index contributed by atoms with van der Waals surface area (Å²) in [6.07, 6.45) is -0.113. The zero-order valence-electron chi connectivity index (χ0n) is 11.6. The molecule has 0 saturated heterocycles. The minimum absolute atomic E-state index is 0.0430. The molecule has 0 aromatic carbocycles. The number of ether oxygens (including phenoxy) is 3. The second-order valence-corrected chi connectivity index (χ2v) is 4.73. The van der Waals surface area contributed by atoms with Crippen LogP contribution in [0.25, 0.3) is 0 Å². The lowest BCUT2D eigenvalue weighted by molar-refractivity contribution is -0.158. The topological polar surface area (TPSA) is 105 Å². The normalized spacial score (nSPS) is 10.7. The van der Waals surface area contributed by atoms with Crippen LogP contribution in [0.3, 0.4) is 0 Å². The summed E-state index contributed by atoms with van der Waals surface area (Å²) in [5.41, 5.74) is 4.44. The Hall–Kier alpha value is -1.63. The van der Waals surface area contributed by atoms with E-state index in [9.17, 15) is 14.4 Å². The van der Waals surface area contributed by atoms with E-state index in [1.165, 1.54) is 0 Å². The highest BCUT2D eigenvalue weighted by molar-refractivity contribution is 5.77. The minimum Gasteiger partial charge on any atom is -0.462 e. The van der Waals surface area contributed by atoms with Gasteiger partial charge in [-0.1, -0.05) is 0 Å². The van der Waals surface area contributed by atoms with E-state index in [1.54, 1.807) is 20.8 Å². The molecule has 0 aromatic heterocycles. The van der Waals surface area contributed by atoms with Crippen molar-refractivity contribution in [3.63, 3.8) is 0 Å². The fraction of sp³-hybridized carbons (Fsp3) is 0.750. The SMILES string of the molecule is CC(C)(C)OC(=O)CCC(=O)OCCOC(=O)CN. The molecule has 0 aliphatic carbocycles. The molecule has 19 heavy (non-hydrogen) atoms. The molecule has 7 heteroatoms. The molecule has 0 fully saturated rings. The first-order valence-corrected chi connectivity index (χ1v) is 5.98. The van der Waals surface area contributed by atoms with Crippen LogP contribution in [-0.4, -0.2) is 43.3 Å². The first kappa shape index (κ1) is 17.4. The molecule has 0 saturated carbocycles.